The maximum atomic E-state index is 4.93. The highest BCUT2D eigenvalue weighted by atomic mass is 79.9. The van der Waals surface area contributed by atoms with Gasteiger partial charge in [-0.05, 0) is 15.9 Å². The van der Waals surface area contributed by atoms with Gasteiger partial charge in [-0.1, -0.05) is 0 Å². The molecule has 4 nitrogen and oxygen atoms in total. The Labute approximate surface area is 85.1 Å². The Morgan fingerprint density at radius 1 is 1.50 bits per heavy atom. The van der Waals surface area contributed by atoms with Gasteiger partial charge in [0, 0.05) is 16.7 Å². The van der Waals surface area contributed by atoms with Crippen molar-refractivity contribution in [3.63, 3.8) is 0 Å². The molecule has 0 saturated heterocycles. The molecule has 0 N–H and O–H groups in total. The quantitative estimate of drug-likeness (QED) is 0.809. The lowest BCUT2D eigenvalue weighted by Crippen LogP contribution is -1.89. The number of aromatic nitrogens is 3. The first kappa shape index (κ1) is 8.00. The molecule has 2 rings (SSSR count). The fraction of sp³-hybridized carbons (Fsp3) is 0. The number of nitrogens with zero attached hydrogens (tertiary/aromatic N) is 3. The highest BCUT2D eigenvalue weighted by Gasteiger charge is 2.05. The van der Waals surface area contributed by atoms with Crippen molar-refractivity contribution >= 4 is 37.8 Å². The maximum Gasteiger partial charge on any atom is 0.199 e. The van der Waals surface area contributed by atoms with Crippen molar-refractivity contribution < 1.29 is 3.83 Å². The first-order chi connectivity index (χ1) is 5.81. The Hall–Kier alpha value is -0.620. The molecule has 2 aromatic rings. The van der Waals surface area contributed by atoms with E-state index >= 15 is 0 Å². The van der Waals surface area contributed by atoms with Gasteiger partial charge in [0.15, 0.2) is 27.7 Å². The maximum absolute atomic E-state index is 4.93. The van der Waals surface area contributed by atoms with Gasteiger partial charge >= 0.3 is 0 Å². The minimum atomic E-state index is 0.627. The molecule has 0 aromatic carbocycles. The van der Waals surface area contributed by atoms with Crippen LogP contribution in [-0.2, 0) is 0 Å². The number of fused-ring (bicyclic) bond motifs is 1. The molecule has 0 atom stereocenters. The van der Waals surface area contributed by atoms with Crippen molar-refractivity contribution in [2.75, 3.05) is 0 Å². The molecular formula is C6H3Br2N3O. The van der Waals surface area contributed by atoms with E-state index in [2.05, 4.69) is 42.3 Å². The highest BCUT2D eigenvalue weighted by molar-refractivity contribution is 9.10. The molecule has 6 heteroatoms. The molecule has 2 aromatic heterocycles. The van der Waals surface area contributed by atoms with Gasteiger partial charge in [0.1, 0.15) is 6.33 Å². The molecule has 0 spiro atoms. The van der Waals surface area contributed by atoms with Crippen LogP contribution in [0.1, 0.15) is 0 Å². The van der Waals surface area contributed by atoms with Gasteiger partial charge in [0.25, 0.3) is 0 Å². The predicted octanol–water partition coefficient (Wildman–Crippen LogP) is 2.18. The van der Waals surface area contributed by atoms with Crippen LogP contribution in [0.25, 0.3) is 5.65 Å². The van der Waals surface area contributed by atoms with Gasteiger partial charge in [0.05, 0.1) is 0 Å². The summed E-state index contributed by atoms with van der Waals surface area (Å²) in [6, 6.07) is 1.80. The zero-order valence-electron chi connectivity index (χ0n) is 5.74. The van der Waals surface area contributed by atoms with Gasteiger partial charge in [-0.3, -0.25) is 0 Å². The third-order valence-electron chi connectivity index (χ3n) is 1.39. The van der Waals surface area contributed by atoms with Crippen LogP contribution in [0.5, 0.6) is 5.75 Å². The lowest BCUT2D eigenvalue weighted by atomic mass is 10.4. The van der Waals surface area contributed by atoms with E-state index in [0.29, 0.717) is 11.4 Å². The second-order valence-corrected chi connectivity index (χ2v) is 3.37. The van der Waals surface area contributed by atoms with Crippen LogP contribution in [0.2, 0.25) is 0 Å². The largest absolute Gasteiger partial charge is 0.414 e. The van der Waals surface area contributed by atoms with Crippen molar-refractivity contribution in [3.05, 3.63) is 23.1 Å². The Morgan fingerprint density at radius 3 is 3.08 bits per heavy atom. The highest BCUT2D eigenvalue weighted by Crippen LogP contribution is 2.23. The van der Waals surface area contributed by atoms with Crippen molar-refractivity contribution in [1.29, 1.82) is 0 Å². The van der Waals surface area contributed by atoms with Gasteiger partial charge in [-0.15, -0.1) is 0 Å². The summed E-state index contributed by atoms with van der Waals surface area (Å²) in [5.74, 6) is 0.627. The standard InChI is InChI=1S/C6H3Br2N3O/c7-4-1-5(12-8)6-9-3-10-11(6)2-4/h1-3H. The van der Waals surface area contributed by atoms with Crippen molar-refractivity contribution in [2.24, 2.45) is 0 Å². The summed E-state index contributed by atoms with van der Waals surface area (Å²) in [6.07, 6.45) is 3.27. The second-order valence-electron chi connectivity index (χ2n) is 2.13. The summed E-state index contributed by atoms with van der Waals surface area (Å²) in [5.41, 5.74) is 0.676. The van der Waals surface area contributed by atoms with Crippen LogP contribution in [0.15, 0.2) is 23.1 Å². The predicted molar refractivity (Wildman–Crippen MR) is 50.2 cm³/mol. The Morgan fingerprint density at radius 2 is 2.33 bits per heavy atom. The van der Waals surface area contributed by atoms with Crippen LogP contribution in [0, 0.1) is 0 Å². The van der Waals surface area contributed by atoms with E-state index in [1.807, 2.05) is 0 Å². The summed E-state index contributed by atoms with van der Waals surface area (Å²) in [7, 11) is 0. The van der Waals surface area contributed by atoms with Gasteiger partial charge in [0.2, 0.25) is 0 Å². The lowest BCUT2D eigenvalue weighted by Gasteiger charge is -1.98. The molecule has 0 aliphatic carbocycles. The average Bonchev–Trinajstić information content (AvgIpc) is 2.50. The van der Waals surface area contributed by atoms with E-state index < -0.39 is 0 Å². The van der Waals surface area contributed by atoms with E-state index in [-0.39, 0.29) is 0 Å². The normalized spacial score (nSPS) is 10.5. The molecule has 2 heterocycles. The molecule has 0 radical (unpaired) electrons. The fourth-order valence-corrected chi connectivity index (χ4v) is 1.56. The Bertz CT molecular complexity index is 414. The number of hydrogen-bond acceptors (Lipinski definition) is 3. The molecule has 0 saturated carbocycles. The summed E-state index contributed by atoms with van der Waals surface area (Å²) in [4.78, 5) is 4.01. The summed E-state index contributed by atoms with van der Waals surface area (Å²) < 4.78 is 7.44. The number of rotatable bonds is 1. The van der Waals surface area contributed by atoms with Crippen LogP contribution >= 0.6 is 32.2 Å². The number of pyridine rings is 1. The lowest BCUT2D eigenvalue weighted by molar-refractivity contribution is 0.676. The van der Waals surface area contributed by atoms with Crippen molar-refractivity contribution in [3.8, 4) is 5.75 Å². The van der Waals surface area contributed by atoms with Crippen LogP contribution < -0.4 is 3.83 Å². The van der Waals surface area contributed by atoms with E-state index in [0.717, 1.165) is 4.47 Å². The van der Waals surface area contributed by atoms with Crippen LogP contribution in [-0.4, -0.2) is 14.6 Å². The van der Waals surface area contributed by atoms with E-state index in [9.17, 15) is 0 Å². The zero-order valence-corrected chi connectivity index (χ0v) is 8.91. The Balaban J connectivity index is 2.80. The SMILES string of the molecule is BrOc1cc(Br)cn2ncnc12. The smallest absolute Gasteiger partial charge is 0.199 e. The van der Waals surface area contributed by atoms with Gasteiger partial charge in [-0.25, -0.2) is 9.50 Å². The first-order valence-corrected chi connectivity index (χ1v) is 4.53. The number of halogens is 2. The third-order valence-corrected chi connectivity index (χ3v) is 2.17. The molecule has 12 heavy (non-hydrogen) atoms. The second kappa shape index (κ2) is 3.02. The van der Waals surface area contributed by atoms with E-state index in [1.54, 1.807) is 16.8 Å². The fourth-order valence-electron chi connectivity index (χ4n) is 0.922. The van der Waals surface area contributed by atoms with Crippen molar-refractivity contribution in [1.82, 2.24) is 14.6 Å². The van der Waals surface area contributed by atoms with Gasteiger partial charge in [-0.2, -0.15) is 5.10 Å². The molecule has 62 valence electrons. The van der Waals surface area contributed by atoms with Gasteiger partial charge < -0.3 is 3.83 Å². The zero-order chi connectivity index (χ0) is 8.55. The minimum Gasteiger partial charge on any atom is -0.414 e. The monoisotopic (exact) mass is 291 g/mol. The average molecular weight is 293 g/mol. The summed E-state index contributed by atoms with van der Waals surface area (Å²) in [5, 5.41) is 3.96. The van der Waals surface area contributed by atoms with Crippen molar-refractivity contribution in [2.45, 2.75) is 0 Å². The Kier molecular flexibility index (Phi) is 2.02. The molecule has 0 aliphatic rings. The molecule has 0 bridgehead atoms. The van der Waals surface area contributed by atoms with E-state index in [1.165, 1.54) is 6.33 Å². The molecule has 0 aliphatic heterocycles. The first-order valence-electron chi connectivity index (χ1n) is 3.09. The molecular weight excluding hydrogens is 290 g/mol. The number of hydrogen-bond donors (Lipinski definition) is 0. The topological polar surface area (TPSA) is 39.4 Å². The summed E-state index contributed by atoms with van der Waals surface area (Å²) in [6.45, 7) is 0. The molecule has 0 unspecified atom stereocenters. The van der Waals surface area contributed by atoms with Crippen LogP contribution in [0.3, 0.4) is 0 Å². The molecule has 0 amide bonds. The molecule has 0 fully saturated rings. The van der Waals surface area contributed by atoms with Crippen LogP contribution in [0.4, 0.5) is 0 Å². The third kappa shape index (κ3) is 1.21. The van der Waals surface area contributed by atoms with E-state index in [4.69, 9.17) is 3.83 Å². The minimum absolute atomic E-state index is 0.627. The summed E-state index contributed by atoms with van der Waals surface area (Å²) >= 11 is 6.21.